The highest BCUT2D eigenvalue weighted by molar-refractivity contribution is 5.73. The maximum Gasteiger partial charge on any atom is 0.308 e. The minimum Gasteiger partial charge on any atom is -0.465 e. The monoisotopic (exact) mass is 346 g/mol. The lowest BCUT2D eigenvalue weighted by molar-refractivity contribution is -0.331. The third kappa shape index (κ3) is 2.85. The first kappa shape index (κ1) is 18.0. The van der Waals surface area contributed by atoms with Crippen molar-refractivity contribution in [1.82, 2.24) is 0 Å². The van der Waals surface area contributed by atoms with Crippen LogP contribution in [0.4, 0.5) is 0 Å². The van der Waals surface area contributed by atoms with Crippen LogP contribution in [0.15, 0.2) is 0 Å². The number of rotatable bonds is 3. The molecular weight excluding hydrogens is 320 g/mol. The zero-order chi connectivity index (χ0) is 17.6. The lowest BCUT2D eigenvalue weighted by Gasteiger charge is -2.45. The van der Waals surface area contributed by atoms with Gasteiger partial charge in [-0.25, -0.2) is 0 Å². The Balaban J connectivity index is 1.74. The maximum atomic E-state index is 11.7. The summed E-state index contributed by atoms with van der Waals surface area (Å²) in [6.07, 6.45) is -5.01. The molecule has 0 bridgehead atoms. The molecule has 0 aromatic heterocycles. The van der Waals surface area contributed by atoms with Gasteiger partial charge in [0, 0.05) is 5.92 Å². The van der Waals surface area contributed by atoms with Crippen molar-refractivity contribution in [2.75, 3.05) is 13.2 Å². The Morgan fingerprint density at radius 2 is 1.96 bits per heavy atom. The van der Waals surface area contributed by atoms with Crippen molar-refractivity contribution < 1.29 is 39.4 Å². The van der Waals surface area contributed by atoms with E-state index in [2.05, 4.69) is 0 Å². The molecule has 0 aromatic carbocycles. The summed E-state index contributed by atoms with van der Waals surface area (Å²) in [4.78, 5) is 11.7. The smallest absolute Gasteiger partial charge is 0.308 e. The molecule has 2 saturated heterocycles. The van der Waals surface area contributed by atoms with E-state index in [-0.39, 0.29) is 30.3 Å². The van der Waals surface area contributed by atoms with E-state index in [4.69, 9.17) is 14.2 Å². The van der Waals surface area contributed by atoms with Crippen molar-refractivity contribution in [3.8, 4) is 0 Å². The first-order chi connectivity index (χ1) is 11.3. The van der Waals surface area contributed by atoms with Crippen molar-refractivity contribution in [2.45, 2.75) is 63.0 Å². The first-order valence-electron chi connectivity index (χ1n) is 8.43. The molecule has 8 nitrogen and oxygen atoms in total. The maximum absolute atomic E-state index is 11.7. The Hall–Kier alpha value is -0.770. The highest BCUT2D eigenvalue weighted by atomic mass is 16.7. The fraction of sp³-hybridized carbons (Fsp3) is 0.938. The first-order valence-corrected chi connectivity index (χ1v) is 8.43. The summed E-state index contributed by atoms with van der Waals surface area (Å²) < 4.78 is 16.7. The Labute approximate surface area is 140 Å². The molecule has 24 heavy (non-hydrogen) atoms. The van der Waals surface area contributed by atoms with Gasteiger partial charge in [-0.15, -0.1) is 0 Å². The molecule has 3 rings (SSSR count). The normalized spacial score (nSPS) is 52.0. The highest BCUT2D eigenvalue weighted by Gasteiger charge is 2.55. The van der Waals surface area contributed by atoms with Gasteiger partial charge >= 0.3 is 5.97 Å². The number of ether oxygens (including phenoxy) is 3. The fourth-order valence-corrected chi connectivity index (χ4v) is 4.25. The zero-order valence-corrected chi connectivity index (χ0v) is 13.9. The second kappa shape index (κ2) is 6.51. The van der Waals surface area contributed by atoms with Crippen LogP contribution in [-0.2, 0) is 19.0 Å². The van der Waals surface area contributed by atoms with Crippen molar-refractivity contribution in [3.05, 3.63) is 0 Å². The van der Waals surface area contributed by atoms with E-state index in [1.54, 1.807) is 0 Å². The van der Waals surface area contributed by atoms with Crippen molar-refractivity contribution in [3.63, 3.8) is 0 Å². The molecule has 3 aliphatic rings. The lowest BCUT2D eigenvalue weighted by atomic mass is 9.79. The molecule has 0 spiro atoms. The van der Waals surface area contributed by atoms with Crippen LogP contribution in [-0.4, -0.2) is 75.9 Å². The van der Waals surface area contributed by atoms with Crippen LogP contribution in [0.3, 0.4) is 0 Å². The van der Waals surface area contributed by atoms with Gasteiger partial charge in [-0.3, -0.25) is 4.79 Å². The molecule has 4 N–H and O–H groups in total. The van der Waals surface area contributed by atoms with E-state index in [0.29, 0.717) is 6.42 Å². The number of carbonyl (C=O) groups excluding carboxylic acids is 1. The standard InChI is InChI=1S/C16H26O8/c1-7-8-3-4-16(2,9(8)6-22-14(7)21)24-15-13(20)12(19)11(18)10(5-17)23-15/h7-13,15,17-20H,3-6H2,1-2H3/t7-,8-,9+,10-,11-,12+,13-,15+,16-/m1/s1. The summed E-state index contributed by atoms with van der Waals surface area (Å²) in [6, 6.07) is 0. The summed E-state index contributed by atoms with van der Waals surface area (Å²) in [6.45, 7) is 3.48. The summed E-state index contributed by atoms with van der Waals surface area (Å²) in [7, 11) is 0. The quantitative estimate of drug-likeness (QED) is 0.469. The predicted octanol–water partition coefficient (Wildman–Crippen LogP) is -1.22. The molecule has 1 aliphatic carbocycles. The van der Waals surface area contributed by atoms with Crippen molar-refractivity contribution in [2.24, 2.45) is 17.8 Å². The molecule has 2 aliphatic heterocycles. The van der Waals surface area contributed by atoms with E-state index in [1.165, 1.54) is 0 Å². The number of esters is 1. The van der Waals surface area contributed by atoms with Gasteiger partial charge in [0.1, 0.15) is 24.4 Å². The second-order valence-corrected chi connectivity index (χ2v) is 7.36. The second-order valence-electron chi connectivity index (χ2n) is 7.36. The minimum absolute atomic E-state index is 0.0300. The van der Waals surface area contributed by atoms with E-state index in [1.807, 2.05) is 13.8 Å². The Morgan fingerprint density at radius 3 is 2.62 bits per heavy atom. The molecule has 3 fully saturated rings. The van der Waals surface area contributed by atoms with Crippen molar-refractivity contribution in [1.29, 1.82) is 0 Å². The number of cyclic esters (lactones) is 1. The Bertz CT molecular complexity index is 483. The summed E-state index contributed by atoms with van der Waals surface area (Å²) in [5.41, 5.74) is -0.687. The van der Waals surface area contributed by atoms with Crippen LogP contribution in [0.5, 0.6) is 0 Å². The number of carbonyl (C=O) groups is 1. The summed E-state index contributed by atoms with van der Waals surface area (Å²) in [5, 5.41) is 39.2. The molecule has 0 amide bonds. The number of aliphatic hydroxyl groups is 4. The van der Waals surface area contributed by atoms with Gasteiger partial charge < -0.3 is 34.6 Å². The molecular formula is C16H26O8. The van der Waals surface area contributed by atoms with Gasteiger partial charge in [0.2, 0.25) is 0 Å². The topological polar surface area (TPSA) is 126 Å². The number of fused-ring (bicyclic) bond motifs is 1. The van der Waals surface area contributed by atoms with Gasteiger partial charge in [-0.1, -0.05) is 6.92 Å². The SMILES string of the molecule is C[C@H]1C(=O)OC[C@H]2[C@@H]1CC[C@@]2(C)O[C@@H]1O[C@H](CO)[C@@H](O)[C@H](O)[C@H]1O. The third-order valence-electron chi connectivity index (χ3n) is 5.93. The van der Waals surface area contributed by atoms with Crippen LogP contribution < -0.4 is 0 Å². The number of hydrogen-bond acceptors (Lipinski definition) is 8. The van der Waals surface area contributed by atoms with Gasteiger partial charge in [0.25, 0.3) is 0 Å². The largest absolute Gasteiger partial charge is 0.465 e. The molecule has 0 radical (unpaired) electrons. The van der Waals surface area contributed by atoms with Crippen LogP contribution >= 0.6 is 0 Å². The van der Waals surface area contributed by atoms with E-state index < -0.39 is 42.9 Å². The molecule has 2 heterocycles. The third-order valence-corrected chi connectivity index (χ3v) is 5.93. The zero-order valence-electron chi connectivity index (χ0n) is 13.9. The Morgan fingerprint density at radius 1 is 1.25 bits per heavy atom. The predicted molar refractivity (Wildman–Crippen MR) is 79.6 cm³/mol. The fourth-order valence-electron chi connectivity index (χ4n) is 4.25. The van der Waals surface area contributed by atoms with Gasteiger partial charge in [-0.2, -0.15) is 0 Å². The molecule has 1 saturated carbocycles. The lowest BCUT2D eigenvalue weighted by Crippen LogP contribution is -2.61. The number of aliphatic hydroxyl groups excluding tert-OH is 4. The molecule has 138 valence electrons. The van der Waals surface area contributed by atoms with Crippen LogP contribution in [0.2, 0.25) is 0 Å². The number of hydrogen-bond donors (Lipinski definition) is 4. The summed E-state index contributed by atoms with van der Waals surface area (Å²) >= 11 is 0. The Kier molecular flexibility index (Phi) is 4.89. The van der Waals surface area contributed by atoms with Gasteiger partial charge in [0.15, 0.2) is 6.29 Å². The molecule has 0 aromatic rings. The highest BCUT2D eigenvalue weighted by Crippen LogP contribution is 2.49. The van der Waals surface area contributed by atoms with Crippen molar-refractivity contribution >= 4 is 5.97 Å². The van der Waals surface area contributed by atoms with Crippen LogP contribution in [0.1, 0.15) is 26.7 Å². The van der Waals surface area contributed by atoms with Crippen LogP contribution in [0.25, 0.3) is 0 Å². The van der Waals surface area contributed by atoms with Gasteiger partial charge in [0.05, 0.1) is 24.7 Å². The molecule has 8 heteroatoms. The molecule has 0 unspecified atom stereocenters. The van der Waals surface area contributed by atoms with Crippen LogP contribution in [0, 0.1) is 17.8 Å². The minimum atomic E-state index is -1.47. The van der Waals surface area contributed by atoms with Gasteiger partial charge in [-0.05, 0) is 25.7 Å². The average Bonchev–Trinajstić information content (AvgIpc) is 2.89. The van der Waals surface area contributed by atoms with E-state index in [0.717, 1.165) is 6.42 Å². The average molecular weight is 346 g/mol. The molecule has 9 atom stereocenters. The van der Waals surface area contributed by atoms with E-state index >= 15 is 0 Å². The van der Waals surface area contributed by atoms with E-state index in [9.17, 15) is 25.2 Å². The summed E-state index contributed by atoms with van der Waals surface area (Å²) in [5.74, 6) is -0.295.